The summed E-state index contributed by atoms with van der Waals surface area (Å²) in [6.07, 6.45) is 0. The molecule has 0 aromatic heterocycles. The van der Waals surface area contributed by atoms with E-state index in [1.54, 1.807) is 19.2 Å². The smallest absolute Gasteiger partial charge is 0.124 e. The van der Waals surface area contributed by atoms with E-state index in [1.807, 2.05) is 0 Å². The number of halogens is 1. The Morgan fingerprint density at radius 1 is 1.47 bits per heavy atom. The molecule has 0 saturated carbocycles. The summed E-state index contributed by atoms with van der Waals surface area (Å²) in [4.78, 5) is 2.24. The summed E-state index contributed by atoms with van der Waals surface area (Å²) in [7, 11) is 3.68. The fraction of sp³-hybridized carbons (Fsp3) is 0.538. The van der Waals surface area contributed by atoms with Crippen molar-refractivity contribution in [1.82, 2.24) is 10.2 Å². The quantitative estimate of drug-likeness (QED) is 0.846. The molecule has 4 heteroatoms. The average molecular weight is 238 g/mol. The highest BCUT2D eigenvalue weighted by atomic mass is 19.1. The van der Waals surface area contributed by atoms with E-state index in [1.165, 1.54) is 6.07 Å². The molecule has 0 spiro atoms. The van der Waals surface area contributed by atoms with E-state index in [0.29, 0.717) is 0 Å². The first-order chi connectivity index (χ1) is 8.08. The van der Waals surface area contributed by atoms with Crippen LogP contribution in [0.5, 0.6) is 5.75 Å². The van der Waals surface area contributed by atoms with Gasteiger partial charge >= 0.3 is 0 Å². The van der Waals surface area contributed by atoms with Gasteiger partial charge in [-0.1, -0.05) is 0 Å². The van der Waals surface area contributed by atoms with Crippen molar-refractivity contribution in [3.63, 3.8) is 0 Å². The van der Waals surface area contributed by atoms with Crippen LogP contribution in [0.2, 0.25) is 0 Å². The zero-order chi connectivity index (χ0) is 12.5. The predicted octanol–water partition coefficient (Wildman–Crippen LogP) is 1.58. The molecular formula is C13H19FN2O. The maximum atomic E-state index is 13.4. The molecule has 1 heterocycles. The molecule has 0 aliphatic carbocycles. The molecule has 1 aromatic rings. The summed E-state index contributed by atoms with van der Waals surface area (Å²) in [5.41, 5.74) is 0.667. The zero-order valence-electron chi connectivity index (χ0n) is 10.6. The number of rotatable bonds is 2. The van der Waals surface area contributed by atoms with Crippen molar-refractivity contribution >= 4 is 0 Å². The molecule has 1 saturated heterocycles. The fourth-order valence-electron chi connectivity index (χ4n) is 2.36. The van der Waals surface area contributed by atoms with Crippen LogP contribution in [0.1, 0.15) is 12.5 Å². The summed E-state index contributed by atoms with van der Waals surface area (Å²) >= 11 is 0. The first-order valence-electron chi connectivity index (χ1n) is 5.84. The van der Waals surface area contributed by atoms with Crippen LogP contribution in [-0.4, -0.2) is 38.7 Å². The second kappa shape index (κ2) is 4.63. The molecule has 94 valence electrons. The summed E-state index contributed by atoms with van der Waals surface area (Å²) in [5.74, 6) is 0.519. The van der Waals surface area contributed by atoms with E-state index in [-0.39, 0.29) is 11.4 Å². The van der Waals surface area contributed by atoms with Crippen molar-refractivity contribution in [3.8, 4) is 5.75 Å². The SMILES string of the molecule is COc1ccc(F)cc1C1(C)CNCCN1C. The fourth-order valence-corrected chi connectivity index (χ4v) is 2.36. The number of nitrogens with one attached hydrogen (secondary N) is 1. The molecule has 0 amide bonds. The highest BCUT2D eigenvalue weighted by Gasteiger charge is 2.36. The average Bonchev–Trinajstić information content (AvgIpc) is 2.33. The van der Waals surface area contributed by atoms with Gasteiger partial charge in [-0.25, -0.2) is 4.39 Å². The molecule has 1 atom stereocenters. The monoisotopic (exact) mass is 238 g/mol. The normalized spacial score (nSPS) is 25.9. The number of methoxy groups -OCH3 is 1. The Balaban J connectivity index is 2.46. The molecule has 1 unspecified atom stereocenters. The van der Waals surface area contributed by atoms with Crippen molar-refractivity contribution in [2.45, 2.75) is 12.5 Å². The van der Waals surface area contributed by atoms with Gasteiger partial charge in [0, 0.05) is 25.2 Å². The van der Waals surface area contributed by atoms with Gasteiger partial charge in [0.15, 0.2) is 0 Å². The lowest BCUT2D eigenvalue weighted by Crippen LogP contribution is -2.55. The van der Waals surface area contributed by atoms with Crippen molar-refractivity contribution < 1.29 is 9.13 Å². The Bertz CT molecular complexity index is 410. The maximum absolute atomic E-state index is 13.4. The van der Waals surface area contributed by atoms with Gasteiger partial charge in [0.25, 0.3) is 0 Å². The number of hydrogen-bond donors (Lipinski definition) is 1. The summed E-state index contributed by atoms with van der Waals surface area (Å²) < 4.78 is 18.8. The molecule has 1 aliphatic rings. The first-order valence-corrected chi connectivity index (χ1v) is 5.84. The van der Waals surface area contributed by atoms with Crippen molar-refractivity contribution in [3.05, 3.63) is 29.6 Å². The molecule has 2 rings (SSSR count). The summed E-state index contributed by atoms with van der Waals surface area (Å²) in [6, 6.07) is 4.70. The van der Waals surface area contributed by atoms with Crippen LogP contribution in [-0.2, 0) is 5.54 Å². The number of ether oxygens (including phenoxy) is 1. The lowest BCUT2D eigenvalue weighted by Gasteiger charge is -2.43. The number of nitrogens with zero attached hydrogens (tertiary/aromatic N) is 1. The van der Waals surface area contributed by atoms with Gasteiger partial charge in [-0.15, -0.1) is 0 Å². The predicted molar refractivity (Wildman–Crippen MR) is 65.8 cm³/mol. The van der Waals surface area contributed by atoms with E-state index in [9.17, 15) is 4.39 Å². The van der Waals surface area contributed by atoms with Gasteiger partial charge in [0.2, 0.25) is 0 Å². The van der Waals surface area contributed by atoms with Crippen molar-refractivity contribution in [2.24, 2.45) is 0 Å². The van der Waals surface area contributed by atoms with Gasteiger partial charge in [-0.2, -0.15) is 0 Å². The van der Waals surface area contributed by atoms with E-state index < -0.39 is 0 Å². The minimum atomic E-state index is -0.230. The Morgan fingerprint density at radius 3 is 2.88 bits per heavy atom. The molecular weight excluding hydrogens is 219 g/mol. The molecule has 17 heavy (non-hydrogen) atoms. The van der Waals surface area contributed by atoms with Crippen LogP contribution in [0.4, 0.5) is 4.39 Å². The Labute approximate surface area is 102 Å². The highest BCUT2D eigenvalue weighted by Crippen LogP contribution is 2.35. The molecule has 0 bridgehead atoms. The number of hydrogen-bond acceptors (Lipinski definition) is 3. The van der Waals surface area contributed by atoms with Crippen LogP contribution in [0.3, 0.4) is 0 Å². The molecule has 0 radical (unpaired) electrons. The molecule has 1 fully saturated rings. The Kier molecular flexibility index (Phi) is 3.35. The van der Waals surface area contributed by atoms with Crippen LogP contribution in [0.15, 0.2) is 18.2 Å². The zero-order valence-corrected chi connectivity index (χ0v) is 10.6. The third-order valence-corrected chi connectivity index (χ3v) is 3.68. The third kappa shape index (κ3) is 2.15. The van der Waals surface area contributed by atoms with Gasteiger partial charge in [0.1, 0.15) is 11.6 Å². The minimum absolute atomic E-state index is 0.221. The Hall–Kier alpha value is -1.13. The maximum Gasteiger partial charge on any atom is 0.124 e. The number of likely N-dealkylation sites (N-methyl/N-ethyl adjacent to an activating group) is 1. The van der Waals surface area contributed by atoms with Crippen LogP contribution in [0.25, 0.3) is 0 Å². The molecule has 1 N–H and O–H groups in total. The first kappa shape index (κ1) is 12.3. The largest absolute Gasteiger partial charge is 0.496 e. The summed E-state index contributed by atoms with van der Waals surface area (Å²) in [5, 5.41) is 3.36. The molecule has 1 aliphatic heterocycles. The van der Waals surface area contributed by atoms with Crippen molar-refractivity contribution in [1.29, 1.82) is 0 Å². The van der Waals surface area contributed by atoms with Gasteiger partial charge in [0.05, 0.1) is 12.6 Å². The molecule has 3 nitrogen and oxygen atoms in total. The van der Waals surface area contributed by atoms with E-state index in [0.717, 1.165) is 30.9 Å². The summed E-state index contributed by atoms with van der Waals surface area (Å²) in [6.45, 7) is 4.81. The third-order valence-electron chi connectivity index (χ3n) is 3.68. The van der Waals surface area contributed by atoms with Gasteiger partial charge in [-0.05, 0) is 32.2 Å². The second-order valence-electron chi connectivity index (χ2n) is 4.72. The second-order valence-corrected chi connectivity index (χ2v) is 4.72. The lowest BCUT2D eigenvalue weighted by atomic mass is 9.88. The highest BCUT2D eigenvalue weighted by molar-refractivity contribution is 5.40. The van der Waals surface area contributed by atoms with E-state index >= 15 is 0 Å². The topological polar surface area (TPSA) is 24.5 Å². The van der Waals surface area contributed by atoms with Gasteiger partial charge < -0.3 is 10.1 Å². The van der Waals surface area contributed by atoms with Crippen LogP contribution in [0, 0.1) is 5.82 Å². The standard InChI is InChI=1S/C13H19FN2O/c1-13(9-15-6-7-16(13)2)11-8-10(14)4-5-12(11)17-3/h4-5,8,15H,6-7,9H2,1-3H3. The lowest BCUT2D eigenvalue weighted by molar-refractivity contribution is 0.101. The molecule has 1 aromatic carbocycles. The van der Waals surface area contributed by atoms with E-state index in [4.69, 9.17) is 4.74 Å². The van der Waals surface area contributed by atoms with Crippen LogP contribution >= 0.6 is 0 Å². The minimum Gasteiger partial charge on any atom is -0.496 e. The number of benzene rings is 1. The van der Waals surface area contributed by atoms with Crippen LogP contribution < -0.4 is 10.1 Å². The number of piperazine rings is 1. The Morgan fingerprint density at radius 2 is 2.24 bits per heavy atom. The van der Waals surface area contributed by atoms with E-state index in [2.05, 4.69) is 24.2 Å². The van der Waals surface area contributed by atoms with Gasteiger partial charge in [-0.3, -0.25) is 4.90 Å². The van der Waals surface area contributed by atoms with Crippen molar-refractivity contribution in [2.75, 3.05) is 33.8 Å².